The molecule has 0 bridgehead atoms. The molecule has 5 nitrogen and oxygen atoms in total. The second-order valence-electron chi connectivity index (χ2n) is 7.41. The zero-order valence-electron chi connectivity index (χ0n) is 15.5. The van der Waals surface area contributed by atoms with Crippen molar-refractivity contribution in [1.29, 1.82) is 0 Å². The summed E-state index contributed by atoms with van der Waals surface area (Å²) in [5.41, 5.74) is 0.353. The number of ether oxygens (including phenoxy) is 1. The number of esters is 1. The van der Waals surface area contributed by atoms with E-state index in [4.69, 9.17) is 9.73 Å². The molecule has 2 unspecified atom stereocenters. The minimum absolute atomic E-state index is 0. The number of aliphatic imine (C=N–C) groups is 1. The van der Waals surface area contributed by atoms with Crippen molar-refractivity contribution in [1.82, 2.24) is 10.2 Å². The second kappa shape index (κ2) is 10.4. The molecule has 23 heavy (non-hydrogen) atoms. The predicted molar refractivity (Wildman–Crippen MR) is 106 cm³/mol. The molecule has 2 atom stereocenters. The third kappa shape index (κ3) is 7.72. The van der Waals surface area contributed by atoms with Gasteiger partial charge in [0, 0.05) is 26.2 Å². The zero-order chi connectivity index (χ0) is 16.8. The standard InChI is InChI=1S/C17H33N3O2.HI/c1-7-18-16(19-10-8-9-17(3,4)5)20-11-13(2)14(12-20)15(21)22-6;/h13-14H,7-12H2,1-6H3,(H,18,19);1H. The van der Waals surface area contributed by atoms with Crippen molar-refractivity contribution in [3.63, 3.8) is 0 Å². The maximum atomic E-state index is 11.8. The van der Waals surface area contributed by atoms with Crippen molar-refractivity contribution in [2.75, 3.05) is 33.3 Å². The first-order chi connectivity index (χ1) is 10.3. The fraction of sp³-hybridized carbons (Fsp3) is 0.882. The lowest BCUT2D eigenvalue weighted by Gasteiger charge is -2.22. The molecular weight excluding hydrogens is 405 g/mol. The maximum absolute atomic E-state index is 11.8. The first kappa shape index (κ1) is 22.5. The number of nitrogens with zero attached hydrogens (tertiary/aromatic N) is 2. The second-order valence-corrected chi connectivity index (χ2v) is 7.41. The SMILES string of the molecule is CCNC(=NCCCC(C)(C)C)N1CC(C)C(C(=O)OC)C1.I. The molecule has 1 heterocycles. The Kier molecular flexibility index (Phi) is 10.1. The van der Waals surface area contributed by atoms with E-state index in [2.05, 4.69) is 44.8 Å². The minimum Gasteiger partial charge on any atom is -0.469 e. The Bertz CT molecular complexity index is 394. The van der Waals surface area contributed by atoms with E-state index in [-0.39, 0.29) is 35.9 Å². The highest BCUT2D eigenvalue weighted by Gasteiger charge is 2.36. The largest absolute Gasteiger partial charge is 0.469 e. The van der Waals surface area contributed by atoms with E-state index >= 15 is 0 Å². The third-order valence-electron chi connectivity index (χ3n) is 4.10. The summed E-state index contributed by atoms with van der Waals surface area (Å²) in [6.07, 6.45) is 2.25. The van der Waals surface area contributed by atoms with Gasteiger partial charge in [-0.15, -0.1) is 24.0 Å². The van der Waals surface area contributed by atoms with Gasteiger partial charge in [0.25, 0.3) is 0 Å². The summed E-state index contributed by atoms with van der Waals surface area (Å²) in [7, 11) is 1.46. The van der Waals surface area contributed by atoms with Crippen molar-refractivity contribution in [3.8, 4) is 0 Å². The van der Waals surface area contributed by atoms with E-state index in [9.17, 15) is 4.79 Å². The van der Waals surface area contributed by atoms with Crippen LogP contribution in [0.25, 0.3) is 0 Å². The number of carbonyl (C=O) groups is 1. The molecule has 0 amide bonds. The summed E-state index contributed by atoms with van der Waals surface area (Å²) in [5.74, 6) is 1.06. The van der Waals surface area contributed by atoms with Gasteiger partial charge >= 0.3 is 5.97 Å². The Morgan fingerprint density at radius 2 is 2.00 bits per heavy atom. The van der Waals surface area contributed by atoms with Crippen molar-refractivity contribution >= 4 is 35.9 Å². The molecule has 0 aromatic carbocycles. The number of guanidine groups is 1. The van der Waals surface area contributed by atoms with Gasteiger partial charge < -0.3 is 15.0 Å². The van der Waals surface area contributed by atoms with Gasteiger partial charge in [0.1, 0.15) is 0 Å². The fourth-order valence-electron chi connectivity index (χ4n) is 2.82. The highest BCUT2D eigenvalue weighted by molar-refractivity contribution is 14.0. The van der Waals surface area contributed by atoms with Crippen LogP contribution < -0.4 is 5.32 Å². The molecule has 0 aromatic heterocycles. The molecule has 136 valence electrons. The van der Waals surface area contributed by atoms with Crippen LogP contribution in [-0.2, 0) is 9.53 Å². The molecule has 1 N–H and O–H groups in total. The molecule has 1 saturated heterocycles. The highest BCUT2D eigenvalue weighted by atomic mass is 127. The summed E-state index contributed by atoms with van der Waals surface area (Å²) < 4.78 is 4.90. The lowest BCUT2D eigenvalue weighted by atomic mass is 9.91. The van der Waals surface area contributed by atoms with E-state index in [1.165, 1.54) is 7.11 Å². The van der Waals surface area contributed by atoms with Crippen LogP contribution in [0.4, 0.5) is 0 Å². The van der Waals surface area contributed by atoms with Gasteiger partial charge in [-0.25, -0.2) is 0 Å². The predicted octanol–water partition coefficient (Wildman–Crippen LogP) is 3.14. The lowest BCUT2D eigenvalue weighted by Crippen LogP contribution is -2.40. The van der Waals surface area contributed by atoms with E-state index in [0.29, 0.717) is 17.9 Å². The summed E-state index contributed by atoms with van der Waals surface area (Å²) in [4.78, 5) is 18.7. The number of halogens is 1. The van der Waals surface area contributed by atoms with Gasteiger partial charge in [0.2, 0.25) is 0 Å². The van der Waals surface area contributed by atoms with Gasteiger partial charge in [-0.2, -0.15) is 0 Å². The number of hydrogen-bond acceptors (Lipinski definition) is 3. The number of hydrogen-bond donors (Lipinski definition) is 1. The average Bonchev–Trinajstić information content (AvgIpc) is 2.82. The Balaban J connectivity index is 0.00000484. The first-order valence-corrected chi connectivity index (χ1v) is 8.39. The molecule has 0 saturated carbocycles. The molecule has 1 aliphatic rings. The fourth-order valence-corrected chi connectivity index (χ4v) is 2.82. The smallest absolute Gasteiger partial charge is 0.310 e. The molecule has 0 spiro atoms. The first-order valence-electron chi connectivity index (χ1n) is 8.39. The van der Waals surface area contributed by atoms with Crippen LogP contribution in [0, 0.1) is 17.3 Å². The quantitative estimate of drug-likeness (QED) is 0.235. The molecule has 1 fully saturated rings. The molecule has 0 radical (unpaired) electrons. The Morgan fingerprint density at radius 3 is 2.52 bits per heavy atom. The van der Waals surface area contributed by atoms with Gasteiger partial charge in [-0.1, -0.05) is 27.7 Å². The van der Waals surface area contributed by atoms with Gasteiger partial charge in [0.05, 0.1) is 13.0 Å². The molecular formula is C17H34IN3O2. The monoisotopic (exact) mass is 439 g/mol. The number of nitrogens with one attached hydrogen (secondary N) is 1. The lowest BCUT2D eigenvalue weighted by molar-refractivity contribution is -0.145. The van der Waals surface area contributed by atoms with Crippen LogP contribution in [0.15, 0.2) is 4.99 Å². The normalized spacial score (nSPS) is 21.8. The molecule has 0 aromatic rings. The molecule has 1 rings (SSSR count). The van der Waals surface area contributed by atoms with E-state index in [0.717, 1.165) is 38.4 Å². The highest BCUT2D eigenvalue weighted by Crippen LogP contribution is 2.24. The Labute approximate surface area is 158 Å². The van der Waals surface area contributed by atoms with Crippen LogP contribution >= 0.6 is 24.0 Å². The topological polar surface area (TPSA) is 53.9 Å². The number of rotatable bonds is 5. The molecule has 1 aliphatic heterocycles. The molecule has 6 heteroatoms. The van der Waals surface area contributed by atoms with Crippen LogP contribution in [0.2, 0.25) is 0 Å². The summed E-state index contributed by atoms with van der Waals surface area (Å²) >= 11 is 0. The molecule has 0 aliphatic carbocycles. The van der Waals surface area contributed by atoms with Crippen LogP contribution in [0.1, 0.15) is 47.5 Å². The Hall–Kier alpha value is -0.530. The minimum atomic E-state index is -0.112. The van der Waals surface area contributed by atoms with Crippen LogP contribution in [-0.4, -0.2) is 50.1 Å². The zero-order valence-corrected chi connectivity index (χ0v) is 17.8. The van der Waals surface area contributed by atoms with Crippen molar-refractivity contribution in [3.05, 3.63) is 0 Å². The number of carbonyl (C=O) groups excluding carboxylic acids is 1. The number of methoxy groups -OCH3 is 1. The van der Waals surface area contributed by atoms with Crippen LogP contribution in [0.5, 0.6) is 0 Å². The summed E-state index contributed by atoms with van der Waals surface area (Å²) in [6, 6.07) is 0. The average molecular weight is 439 g/mol. The van der Waals surface area contributed by atoms with Crippen molar-refractivity contribution < 1.29 is 9.53 Å². The van der Waals surface area contributed by atoms with Crippen molar-refractivity contribution in [2.24, 2.45) is 22.2 Å². The van der Waals surface area contributed by atoms with Gasteiger partial charge in [-0.05, 0) is 31.1 Å². The summed E-state index contributed by atoms with van der Waals surface area (Å²) in [6.45, 7) is 14.1. The van der Waals surface area contributed by atoms with Gasteiger partial charge in [0.15, 0.2) is 5.96 Å². The maximum Gasteiger partial charge on any atom is 0.310 e. The van der Waals surface area contributed by atoms with E-state index in [1.807, 2.05) is 0 Å². The number of likely N-dealkylation sites (tertiary alicyclic amines) is 1. The Morgan fingerprint density at radius 1 is 1.35 bits per heavy atom. The third-order valence-corrected chi connectivity index (χ3v) is 4.10. The van der Waals surface area contributed by atoms with E-state index < -0.39 is 0 Å². The van der Waals surface area contributed by atoms with Crippen molar-refractivity contribution in [2.45, 2.75) is 47.5 Å². The van der Waals surface area contributed by atoms with Crippen LogP contribution in [0.3, 0.4) is 0 Å². The summed E-state index contributed by atoms with van der Waals surface area (Å²) in [5, 5.41) is 3.34. The van der Waals surface area contributed by atoms with Gasteiger partial charge in [-0.3, -0.25) is 9.79 Å². The van der Waals surface area contributed by atoms with E-state index in [1.54, 1.807) is 0 Å².